The Morgan fingerprint density at radius 1 is 0.880 bits per heavy atom. The molecule has 0 amide bonds. The summed E-state index contributed by atoms with van der Waals surface area (Å²) in [6.07, 6.45) is 9.34. The number of rotatable bonds is 13. The Hall–Kier alpha value is 0.480. The quantitative estimate of drug-likeness (QED) is 0.285. The first-order valence-electron chi connectivity index (χ1n) is 8.72. The van der Waals surface area contributed by atoms with Gasteiger partial charge in [0.25, 0.3) is 0 Å². The third-order valence-electron chi connectivity index (χ3n) is 3.69. The zero-order chi connectivity index (χ0) is 17.5. The summed E-state index contributed by atoms with van der Waals surface area (Å²) in [6.45, 7) is 0. The molecule has 0 heterocycles. The van der Waals surface area contributed by atoms with Crippen LogP contribution in [0.5, 0.6) is 0 Å². The molecule has 0 aromatic heterocycles. The molecule has 0 saturated carbocycles. The number of benzene rings is 1. The van der Waals surface area contributed by atoms with Crippen molar-refractivity contribution in [1.82, 2.24) is 0 Å². The summed E-state index contributed by atoms with van der Waals surface area (Å²) in [5.74, 6) is 1.16. The van der Waals surface area contributed by atoms with Crippen LogP contribution in [-0.2, 0) is 10.5 Å². The Morgan fingerprint density at radius 2 is 1.44 bits per heavy atom. The van der Waals surface area contributed by atoms with Gasteiger partial charge >= 0.3 is 29.6 Å². The molecule has 6 heteroatoms. The smallest absolute Gasteiger partial charge is 0.550 e. The molecule has 0 unspecified atom stereocenters. The largest absolute Gasteiger partial charge is 1.00 e. The summed E-state index contributed by atoms with van der Waals surface area (Å²) in [7, 11) is 0. The van der Waals surface area contributed by atoms with Crippen molar-refractivity contribution in [3.8, 4) is 0 Å². The Morgan fingerprint density at radius 3 is 2.04 bits per heavy atom. The first-order valence-corrected chi connectivity index (χ1v) is 11.1. The zero-order valence-electron chi connectivity index (χ0n) is 15.2. The summed E-state index contributed by atoms with van der Waals surface area (Å²) >= 11 is 8.98. The number of hydrogen-bond acceptors (Lipinski definition) is 5. The van der Waals surface area contributed by atoms with Crippen molar-refractivity contribution in [1.29, 1.82) is 0 Å². The molecule has 1 rings (SSSR count). The van der Waals surface area contributed by atoms with E-state index in [1.165, 1.54) is 37.7 Å². The van der Waals surface area contributed by atoms with Gasteiger partial charge < -0.3 is 9.90 Å². The second-order valence-corrected chi connectivity index (χ2v) is 9.10. The number of thioether (sulfide) groups is 2. The minimum absolute atomic E-state index is 0. The van der Waals surface area contributed by atoms with E-state index >= 15 is 0 Å². The summed E-state index contributed by atoms with van der Waals surface area (Å²) in [5.41, 5.74) is 1.32. The molecule has 2 nitrogen and oxygen atoms in total. The van der Waals surface area contributed by atoms with Gasteiger partial charge in [0.1, 0.15) is 3.53 Å². The first kappa shape index (κ1) is 25.5. The second kappa shape index (κ2) is 17.9. The van der Waals surface area contributed by atoms with Crippen molar-refractivity contribution in [2.24, 2.45) is 0 Å². The van der Waals surface area contributed by atoms with Gasteiger partial charge in [-0.2, -0.15) is 0 Å². The monoisotopic (exact) mass is 406 g/mol. The van der Waals surface area contributed by atoms with E-state index in [2.05, 4.69) is 24.3 Å². The fraction of sp³-hybridized carbons (Fsp3) is 0.579. The van der Waals surface area contributed by atoms with Gasteiger partial charge in [-0.05, 0) is 30.6 Å². The second-order valence-electron chi connectivity index (χ2n) is 5.82. The Labute approximate surface area is 188 Å². The number of carbonyl (C=O) groups is 1. The summed E-state index contributed by atoms with van der Waals surface area (Å²) in [5, 5.41) is 10.3. The van der Waals surface area contributed by atoms with Gasteiger partial charge in [-0.1, -0.05) is 81.1 Å². The topological polar surface area (TPSA) is 40.1 Å². The molecule has 0 N–H and O–H groups in total. The van der Waals surface area contributed by atoms with Crippen LogP contribution in [0.3, 0.4) is 0 Å². The van der Waals surface area contributed by atoms with E-state index in [0.29, 0.717) is 0 Å². The van der Waals surface area contributed by atoms with E-state index in [9.17, 15) is 9.90 Å². The van der Waals surface area contributed by atoms with Crippen LogP contribution >= 0.6 is 35.7 Å². The van der Waals surface area contributed by atoms with Crippen LogP contribution in [0.15, 0.2) is 30.3 Å². The first-order chi connectivity index (χ1) is 11.7. The van der Waals surface area contributed by atoms with Gasteiger partial charge in [0.2, 0.25) is 0 Å². The predicted octanol–water partition coefficient (Wildman–Crippen LogP) is 2.20. The maximum absolute atomic E-state index is 10.3. The fourth-order valence-electron chi connectivity index (χ4n) is 2.35. The maximum Gasteiger partial charge on any atom is 1.00 e. The standard InChI is InChI=1S/C19H28O2S3.Na/c20-18(21)14-10-5-3-1-2-4-6-11-15-23-19(22)24-16-17-12-8-7-9-13-17;/h7-9,12-13H,1-6,10-11,14-16H2,(H,20,21);/q;+1/p-1. The number of carboxylic acid groups (broad SMARTS) is 1. The van der Waals surface area contributed by atoms with Gasteiger partial charge in [-0.3, -0.25) is 0 Å². The number of thiocarbonyl (C=S) groups is 1. The number of carbonyl (C=O) groups excluding carboxylic acids is 1. The normalized spacial score (nSPS) is 10.2. The molecule has 0 atom stereocenters. The number of aliphatic carboxylic acids is 1. The molecule has 1 aromatic rings. The fourth-order valence-corrected chi connectivity index (χ4v) is 4.52. The van der Waals surface area contributed by atoms with E-state index in [0.717, 1.165) is 34.3 Å². The van der Waals surface area contributed by atoms with Gasteiger partial charge in [0, 0.05) is 11.7 Å². The van der Waals surface area contributed by atoms with E-state index in [1.807, 2.05) is 6.07 Å². The van der Waals surface area contributed by atoms with Crippen molar-refractivity contribution in [3.05, 3.63) is 35.9 Å². The molecular formula is C19H27NaO2S3. The molecule has 0 aliphatic rings. The van der Waals surface area contributed by atoms with Gasteiger partial charge in [0.15, 0.2) is 0 Å². The van der Waals surface area contributed by atoms with Crippen LogP contribution < -0.4 is 34.7 Å². The summed E-state index contributed by atoms with van der Waals surface area (Å²) in [4.78, 5) is 10.3. The number of hydrogen-bond donors (Lipinski definition) is 0. The SMILES string of the molecule is O=C([O-])CCCCCCCCCCSC(=S)SCc1ccccc1.[Na+]. The summed E-state index contributed by atoms with van der Waals surface area (Å²) in [6, 6.07) is 10.4. The van der Waals surface area contributed by atoms with E-state index < -0.39 is 5.97 Å². The van der Waals surface area contributed by atoms with Crippen LogP contribution in [0.2, 0.25) is 0 Å². The molecule has 0 fully saturated rings. The van der Waals surface area contributed by atoms with Crippen LogP contribution in [-0.4, -0.2) is 15.3 Å². The van der Waals surface area contributed by atoms with Crippen molar-refractivity contribution in [3.63, 3.8) is 0 Å². The molecule has 0 bridgehead atoms. The average Bonchev–Trinajstić information content (AvgIpc) is 2.58. The van der Waals surface area contributed by atoms with Crippen molar-refractivity contribution < 1.29 is 39.5 Å². The third-order valence-corrected chi connectivity index (χ3v) is 6.55. The van der Waals surface area contributed by atoms with Crippen LogP contribution in [0.1, 0.15) is 63.4 Å². The molecular weight excluding hydrogens is 379 g/mol. The van der Waals surface area contributed by atoms with Crippen LogP contribution in [0.25, 0.3) is 0 Å². The molecule has 134 valence electrons. The molecule has 0 spiro atoms. The minimum Gasteiger partial charge on any atom is -0.550 e. The molecule has 0 saturated heterocycles. The van der Waals surface area contributed by atoms with Gasteiger partial charge in [-0.25, -0.2) is 0 Å². The van der Waals surface area contributed by atoms with Crippen molar-refractivity contribution >= 4 is 45.2 Å². The Bertz CT molecular complexity index is 469. The molecule has 0 aliphatic carbocycles. The maximum atomic E-state index is 10.3. The van der Waals surface area contributed by atoms with Gasteiger partial charge in [0.05, 0.1) is 0 Å². The molecule has 0 aliphatic heterocycles. The Kier molecular flexibility index (Phi) is 18.2. The van der Waals surface area contributed by atoms with Crippen molar-refractivity contribution in [2.45, 2.75) is 63.5 Å². The average molecular weight is 407 g/mol. The molecule has 25 heavy (non-hydrogen) atoms. The van der Waals surface area contributed by atoms with Gasteiger partial charge in [-0.15, -0.1) is 23.5 Å². The predicted molar refractivity (Wildman–Crippen MR) is 109 cm³/mol. The minimum atomic E-state index is -0.924. The van der Waals surface area contributed by atoms with Crippen molar-refractivity contribution in [2.75, 3.05) is 5.75 Å². The Balaban J connectivity index is 0.00000576. The van der Waals surface area contributed by atoms with Crippen LogP contribution in [0, 0.1) is 0 Å². The van der Waals surface area contributed by atoms with E-state index in [1.54, 1.807) is 23.5 Å². The summed E-state index contributed by atoms with van der Waals surface area (Å²) < 4.78 is 1.05. The zero-order valence-corrected chi connectivity index (χ0v) is 19.7. The van der Waals surface area contributed by atoms with E-state index in [4.69, 9.17) is 12.2 Å². The van der Waals surface area contributed by atoms with E-state index in [-0.39, 0.29) is 36.0 Å². The molecule has 1 aromatic carbocycles. The number of unbranched alkanes of at least 4 members (excludes halogenated alkanes) is 7. The van der Waals surface area contributed by atoms with Crippen LogP contribution in [0.4, 0.5) is 0 Å². The molecule has 0 radical (unpaired) electrons. The number of carboxylic acids is 1. The third kappa shape index (κ3) is 16.4.